The van der Waals surface area contributed by atoms with Crippen molar-refractivity contribution in [2.24, 2.45) is 16.5 Å². The molecular formula is C9H15NO3. The van der Waals surface area contributed by atoms with Gasteiger partial charge in [0.2, 0.25) is 0 Å². The van der Waals surface area contributed by atoms with E-state index >= 15 is 0 Å². The van der Waals surface area contributed by atoms with Crippen LogP contribution < -0.4 is 0 Å². The predicted octanol–water partition coefficient (Wildman–Crippen LogP) is 1.51. The van der Waals surface area contributed by atoms with Crippen LogP contribution in [0.25, 0.3) is 0 Å². The Labute approximate surface area is 77.6 Å². The monoisotopic (exact) mass is 185 g/mol. The molecule has 1 aliphatic carbocycles. The quantitative estimate of drug-likeness (QED) is 0.663. The Morgan fingerprint density at radius 3 is 2.77 bits per heavy atom. The number of hydrogen-bond donors (Lipinski definition) is 1. The molecule has 0 aromatic carbocycles. The maximum atomic E-state index is 10.9. The van der Waals surface area contributed by atoms with Gasteiger partial charge >= 0.3 is 5.97 Å². The molecular weight excluding hydrogens is 170 g/mol. The predicted molar refractivity (Wildman–Crippen MR) is 48.6 cm³/mol. The highest BCUT2D eigenvalue weighted by molar-refractivity contribution is 5.94. The normalized spacial score (nSPS) is 36.5. The first-order chi connectivity index (χ1) is 5.99. The minimum absolute atomic E-state index is 0.209. The summed E-state index contributed by atoms with van der Waals surface area (Å²) in [5, 5.41) is 12.8. The van der Waals surface area contributed by atoms with Gasteiger partial charge in [0.25, 0.3) is 0 Å². The molecule has 0 saturated heterocycles. The lowest BCUT2D eigenvalue weighted by Gasteiger charge is -2.15. The summed E-state index contributed by atoms with van der Waals surface area (Å²) in [6.45, 7) is 3.73. The zero-order valence-corrected chi connectivity index (χ0v) is 8.20. The van der Waals surface area contributed by atoms with E-state index in [0.717, 1.165) is 5.71 Å². The van der Waals surface area contributed by atoms with E-state index in [1.54, 1.807) is 6.92 Å². The molecule has 4 heteroatoms. The van der Waals surface area contributed by atoms with Gasteiger partial charge < -0.3 is 9.94 Å². The number of rotatable bonds is 2. The topological polar surface area (TPSA) is 58.9 Å². The average Bonchev–Trinajstić information content (AvgIpc) is 2.29. The van der Waals surface area contributed by atoms with Crippen LogP contribution in [0.2, 0.25) is 0 Å². The van der Waals surface area contributed by atoms with Crippen LogP contribution in [0.15, 0.2) is 5.16 Å². The van der Waals surface area contributed by atoms with Gasteiger partial charge in [0.05, 0.1) is 11.1 Å². The highest BCUT2D eigenvalue weighted by atomic mass is 16.6. The van der Waals surface area contributed by atoms with Gasteiger partial charge in [-0.3, -0.25) is 4.79 Å². The van der Waals surface area contributed by atoms with Gasteiger partial charge in [-0.05, 0) is 19.3 Å². The SMILES string of the molecule is CO/N=C1/C[C@@](C)(C(=O)O)C[C@H]1C. The van der Waals surface area contributed by atoms with Gasteiger partial charge in [-0.1, -0.05) is 12.1 Å². The Hall–Kier alpha value is -1.06. The molecule has 1 fully saturated rings. The van der Waals surface area contributed by atoms with E-state index in [1.807, 2.05) is 6.92 Å². The molecule has 0 amide bonds. The third kappa shape index (κ3) is 1.82. The summed E-state index contributed by atoms with van der Waals surface area (Å²) in [5.41, 5.74) is 0.198. The van der Waals surface area contributed by atoms with Crippen molar-refractivity contribution < 1.29 is 14.7 Å². The molecule has 1 saturated carbocycles. The second-order valence-corrected chi connectivity index (χ2v) is 3.91. The molecule has 0 spiro atoms. The van der Waals surface area contributed by atoms with Crippen LogP contribution in [0.4, 0.5) is 0 Å². The largest absolute Gasteiger partial charge is 0.481 e. The molecule has 13 heavy (non-hydrogen) atoms. The number of carboxylic acids is 1. The Morgan fingerprint density at radius 1 is 1.77 bits per heavy atom. The fourth-order valence-electron chi connectivity index (χ4n) is 1.84. The van der Waals surface area contributed by atoms with Gasteiger partial charge in [0.1, 0.15) is 7.11 Å². The first-order valence-corrected chi connectivity index (χ1v) is 4.33. The highest BCUT2D eigenvalue weighted by Crippen LogP contribution is 2.39. The van der Waals surface area contributed by atoms with Crippen molar-refractivity contribution in [3.63, 3.8) is 0 Å². The van der Waals surface area contributed by atoms with Crippen LogP contribution in [-0.2, 0) is 9.63 Å². The Bertz CT molecular complexity index is 249. The summed E-state index contributed by atoms with van der Waals surface area (Å²) in [6.07, 6.45) is 1.14. The lowest BCUT2D eigenvalue weighted by atomic mass is 9.88. The number of hydrogen-bond acceptors (Lipinski definition) is 3. The van der Waals surface area contributed by atoms with Crippen LogP contribution in [0.1, 0.15) is 26.7 Å². The third-order valence-electron chi connectivity index (χ3n) is 2.62. The minimum atomic E-state index is -0.749. The van der Waals surface area contributed by atoms with Crippen LogP contribution in [0, 0.1) is 11.3 Å². The van der Waals surface area contributed by atoms with Gasteiger partial charge in [-0.2, -0.15) is 0 Å². The molecule has 0 heterocycles. The van der Waals surface area contributed by atoms with Crippen molar-refractivity contribution >= 4 is 11.7 Å². The van der Waals surface area contributed by atoms with Crippen LogP contribution in [0.3, 0.4) is 0 Å². The van der Waals surface area contributed by atoms with Crippen molar-refractivity contribution in [3.8, 4) is 0 Å². The third-order valence-corrected chi connectivity index (χ3v) is 2.62. The maximum Gasteiger partial charge on any atom is 0.309 e. The molecule has 1 rings (SSSR count). The minimum Gasteiger partial charge on any atom is -0.481 e. The van der Waals surface area contributed by atoms with Crippen LogP contribution in [-0.4, -0.2) is 23.9 Å². The molecule has 0 radical (unpaired) electrons. The van der Waals surface area contributed by atoms with E-state index in [1.165, 1.54) is 7.11 Å². The Kier molecular flexibility index (Phi) is 2.59. The molecule has 2 atom stereocenters. The molecule has 0 bridgehead atoms. The van der Waals surface area contributed by atoms with E-state index in [0.29, 0.717) is 12.8 Å². The molecule has 0 unspecified atom stereocenters. The van der Waals surface area contributed by atoms with Crippen LogP contribution >= 0.6 is 0 Å². The van der Waals surface area contributed by atoms with Gasteiger partial charge in [-0.15, -0.1) is 0 Å². The number of carboxylic acid groups (broad SMARTS) is 1. The van der Waals surface area contributed by atoms with Crippen molar-refractivity contribution in [3.05, 3.63) is 0 Å². The van der Waals surface area contributed by atoms with E-state index in [2.05, 4.69) is 9.99 Å². The zero-order chi connectivity index (χ0) is 10.1. The molecule has 4 nitrogen and oxygen atoms in total. The Morgan fingerprint density at radius 2 is 2.38 bits per heavy atom. The fourth-order valence-corrected chi connectivity index (χ4v) is 1.84. The first-order valence-electron chi connectivity index (χ1n) is 4.33. The zero-order valence-electron chi connectivity index (χ0n) is 8.20. The van der Waals surface area contributed by atoms with Crippen molar-refractivity contribution in [1.82, 2.24) is 0 Å². The van der Waals surface area contributed by atoms with Gasteiger partial charge in [0, 0.05) is 6.42 Å². The van der Waals surface area contributed by atoms with Crippen molar-refractivity contribution in [2.75, 3.05) is 7.11 Å². The lowest BCUT2D eigenvalue weighted by Crippen LogP contribution is -2.24. The smallest absolute Gasteiger partial charge is 0.309 e. The van der Waals surface area contributed by atoms with Crippen molar-refractivity contribution in [2.45, 2.75) is 26.7 Å². The highest BCUT2D eigenvalue weighted by Gasteiger charge is 2.43. The number of nitrogens with zero attached hydrogens (tertiary/aromatic N) is 1. The molecule has 0 aliphatic heterocycles. The standard InChI is InChI=1S/C9H15NO3/c1-6-4-9(2,8(11)12)5-7(6)10-13-3/h6H,4-5H2,1-3H3,(H,11,12)/b10-7-/t6-,9+/m1/s1. The van der Waals surface area contributed by atoms with Crippen LogP contribution in [0.5, 0.6) is 0 Å². The molecule has 1 N–H and O–H groups in total. The molecule has 0 aromatic heterocycles. The molecule has 0 aromatic rings. The summed E-state index contributed by atoms with van der Waals surface area (Å²) in [4.78, 5) is 15.6. The van der Waals surface area contributed by atoms with E-state index in [9.17, 15) is 4.79 Å². The first kappa shape index (κ1) is 10.0. The van der Waals surface area contributed by atoms with Crippen molar-refractivity contribution in [1.29, 1.82) is 0 Å². The fraction of sp³-hybridized carbons (Fsp3) is 0.778. The summed E-state index contributed by atoms with van der Waals surface area (Å²) in [7, 11) is 1.48. The summed E-state index contributed by atoms with van der Waals surface area (Å²) >= 11 is 0. The second-order valence-electron chi connectivity index (χ2n) is 3.91. The molecule has 74 valence electrons. The Balaban J connectivity index is 2.81. The van der Waals surface area contributed by atoms with Gasteiger partial charge in [0.15, 0.2) is 0 Å². The lowest BCUT2D eigenvalue weighted by molar-refractivity contribution is -0.147. The van der Waals surface area contributed by atoms with E-state index in [4.69, 9.17) is 5.11 Å². The average molecular weight is 185 g/mol. The summed E-state index contributed by atoms with van der Waals surface area (Å²) in [5.74, 6) is -0.540. The summed E-state index contributed by atoms with van der Waals surface area (Å²) < 4.78 is 0. The van der Waals surface area contributed by atoms with E-state index < -0.39 is 11.4 Å². The van der Waals surface area contributed by atoms with E-state index in [-0.39, 0.29) is 5.92 Å². The molecule has 1 aliphatic rings. The second kappa shape index (κ2) is 3.36. The maximum absolute atomic E-state index is 10.9. The number of aliphatic carboxylic acids is 1. The van der Waals surface area contributed by atoms with Gasteiger partial charge in [-0.25, -0.2) is 0 Å². The number of oxime groups is 1. The number of carbonyl (C=O) groups is 1. The summed E-state index contributed by atoms with van der Waals surface area (Å²) in [6, 6.07) is 0.